The fourth-order valence-electron chi connectivity index (χ4n) is 3.63. The van der Waals surface area contributed by atoms with Crippen LogP contribution in [0.2, 0.25) is 0 Å². The van der Waals surface area contributed by atoms with Crippen LogP contribution in [0.5, 0.6) is 0 Å². The number of esters is 1. The lowest BCUT2D eigenvalue weighted by Gasteiger charge is -2.36. The molecule has 2 atom stereocenters. The number of carbonyl (C=O) groups excluding carboxylic acids is 2. The summed E-state index contributed by atoms with van der Waals surface area (Å²) in [6.07, 6.45) is 1.95. The smallest absolute Gasteiger partial charge is 0.320 e. The van der Waals surface area contributed by atoms with Crippen LogP contribution in [-0.4, -0.2) is 54.5 Å². The Hall–Kier alpha value is -1.88. The summed E-state index contributed by atoms with van der Waals surface area (Å²) in [6.45, 7) is 7.72. The number of hydrogen-bond acceptors (Lipinski definition) is 5. The van der Waals surface area contributed by atoms with Crippen molar-refractivity contribution in [3.63, 3.8) is 0 Å². The standard InChI is InChI=1S/C18H24N2O3/c1-18(2,3)23-17(22)11-19-9-15-8-14(19)10-20(15)16-7-5-4-6-13(16)12-21/h4-7,12,14-15H,8-11H2,1-3H3. The van der Waals surface area contributed by atoms with Gasteiger partial charge in [-0.2, -0.15) is 0 Å². The number of rotatable bonds is 4. The minimum absolute atomic E-state index is 0.162. The Labute approximate surface area is 137 Å². The number of piperazine rings is 1. The summed E-state index contributed by atoms with van der Waals surface area (Å²) in [4.78, 5) is 27.8. The molecule has 2 saturated heterocycles. The highest BCUT2D eigenvalue weighted by molar-refractivity contribution is 5.85. The predicted molar refractivity (Wildman–Crippen MR) is 88.8 cm³/mol. The number of nitrogens with zero attached hydrogens (tertiary/aromatic N) is 2. The lowest BCUT2D eigenvalue weighted by Crippen LogP contribution is -2.49. The third-order valence-corrected chi connectivity index (χ3v) is 4.48. The van der Waals surface area contributed by atoms with Crippen LogP contribution in [0.25, 0.3) is 0 Å². The summed E-state index contributed by atoms with van der Waals surface area (Å²) in [5, 5.41) is 0. The van der Waals surface area contributed by atoms with E-state index in [1.807, 2.05) is 45.0 Å². The number of fused-ring (bicyclic) bond motifs is 2. The molecule has 1 aromatic carbocycles. The Kier molecular flexibility index (Phi) is 4.15. The van der Waals surface area contributed by atoms with Gasteiger partial charge in [-0.25, -0.2) is 0 Å². The summed E-state index contributed by atoms with van der Waals surface area (Å²) < 4.78 is 5.41. The second kappa shape index (κ2) is 5.96. The van der Waals surface area contributed by atoms with E-state index >= 15 is 0 Å². The fourth-order valence-corrected chi connectivity index (χ4v) is 3.63. The van der Waals surface area contributed by atoms with E-state index in [-0.39, 0.29) is 5.97 Å². The molecule has 2 fully saturated rings. The Balaban J connectivity index is 1.63. The van der Waals surface area contributed by atoms with E-state index in [9.17, 15) is 9.59 Å². The molecule has 0 saturated carbocycles. The number of anilines is 1. The van der Waals surface area contributed by atoms with Crippen molar-refractivity contribution < 1.29 is 14.3 Å². The summed E-state index contributed by atoms with van der Waals surface area (Å²) in [5.41, 5.74) is 1.30. The van der Waals surface area contributed by atoms with Crippen molar-refractivity contribution in [2.45, 2.75) is 44.9 Å². The zero-order valence-corrected chi connectivity index (χ0v) is 14.0. The van der Waals surface area contributed by atoms with Crippen molar-refractivity contribution in [3.8, 4) is 0 Å². The van der Waals surface area contributed by atoms with Crippen molar-refractivity contribution >= 4 is 17.9 Å². The van der Waals surface area contributed by atoms with E-state index in [1.165, 1.54) is 0 Å². The average Bonchev–Trinajstić information content (AvgIpc) is 3.04. The van der Waals surface area contributed by atoms with Gasteiger partial charge in [-0.1, -0.05) is 12.1 Å². The van der Waals surface area contributed by atoms with Crippen molar-refractivity contribution in [2.24, 2.45) is 0 Å². The first-order chi connectivity index (χ1) is 10.9. The van der Waals surface area contributed by atoms with Crippen molar-refractivity contribution in [3.05, 3.63) is 29.8 Å². The van der Waals surface area contributed by atoms with Crippen LogP contribution in [0.4, 0.5) is 5.69 Å². The van der Waals surface area contributed by atoms with E-state index in [4.69, 9.17) is 4.74 Å². The van der Waals surface area contributed by atoms with Gasteiger partial charge in [0.2, 0.25) is 0 Å². The van der Waals surface area contributed by atoms with Crippen LogP contribution in [0.3, 0.4) is 0 Å². The molecule has 0 aliphatic carbocycles. The molecule has 0 amide bonds. The molecule has 0 radical (unpaired) electrons. The normalized spacial score (nSPS) is 24.0. The zero-order chi connectivity index (χ0) is 16.6. The lowest BCUT2D eigenvalue weighted by atomic mass is 10.1. The van der Waals surface area contributed by atoms with Crippen molar-refractivity contribution in [2.75, 3.05) is 24.5 Å². The topological polar surface area (TPSA) is 49.9 Å². The SMILES string of the molecule is CC(C)(C)OC(=O)CN1CC2CC1CN2c1ccccc1C=O. The van der Waals surface area contributed by atoms with E-state index in [0.29, 0.717) is 18.6 Å². The minimum Gasteiger partial charge on any atom is -0.459 e. The Bertz CT molecular complexity index is 609. The Morgan fingerprint density at radius 1 is 1.26 bits per heavy atom. The largest absolute Gasteiger partial charge is 0.459 e. The summed E-state index contributed by atoms with van der Waals surface area (Å²) in [5.74, 6) is -0.162. The van der Waals surface area contributed by atoms with Gasteiger partial charge in [-0.05, 0) is 39.3 Å². The van der Waals surface area contributed by atoms with Crippen LogP contribution in [0.15, 0.2) is 24.3 Å². The minimum atomic E-state index is -0.440. The molecular weight excluding hydrogens is 292 g/mol. The molecule has 2 heterocycles. The summed E-state index contributed by atoms with van der Waals surface area (Å²) >= 11 is 0. The van der Waals surface area contributed by atoms with Crippen LogP contribution in [0.1, 0.15) is 37.6 Å². The molecule has 0 aromatic heterocycles. The van der Waals surface area contributed by atoms with Gasteiger partial charge in [0.15, 0.2) is 6.29 Å². The molecule has 2 aliphatic rings. The molecule has 5 nitrogen and oxygen atoms in total. The molecule has 124 valence electrons. The van der Waals surface area contributed by atoms with Gasteiger partial charge in [0.1, 0.15) is 5.60 Å². The highest BCUT2D eigenvalue weighted by atomic mass is 16.6. The third kappa shape index (κ3) is 3.39. The van der Waals surface area contributed by atoms with Crippen LogP contribution >= 0.6 is 0 Å². The monoisotopic (exact) mass is 316 g/mol. The van der Waals surface area contributed by atoms with E-state index in [1.54, 1.807) is 0 Å². The second-order valence-corrected chi connectivity index (χ2v) is 7.39. The molecule has 1 aromatic rings. The van der Waals surface area contributed by atoms with Crippen molar-refractivity contribution in [1.82, 2.24) is 4.90 Å². The lowest BCUT2D eigenvalue weighted by molar-refractivity contribution is -0.156. The fraction of sp³-hybridized carbons (Fsp3) is 0.556. The first kappa shape index (κ1) is 16.0. The third-order valence-electron chi connectivity index (χ3n) is 4.48. The van der Waals surface area contributed by atoms with Gasteiger partial charge >= 0.3 is 5.97 Å². The molecule has 2 aliphatic heterocycles. The van der Waals surface area contributed by atoms with Gasteiger partial charge < -0.3 is 9.64 Å². The number of para-hydroxylation sites is 1. The number of benzene rings is 1. The number of likely N-dealkylation sites (tertiary alicyclic amines) is 1. The second-order valence-electron chi connectivity index (χ2n) is 7.39. The Morgan fingerprint density at radius 3 is 2.61 bits per heavy atom. The molecule has 5 heteroatoms. The maximum absolute atomic E-state index is 12.0. The number of hydrogen-bond donors (Lipinski definition) is 0. The Morgan fingerprint density at radius 2 is 2.00 bits per heavy atom. The summed E-state index contributed by atoms with van der Waals surface area (Å²) in [6, 6.07) is 8.43. The predicted octanol–water partition coefficient (Wildman–Crippen LogP) is 2.10. The average molecular weight is 316 g/mol. The molecule has 0 N–H and O–H groups in total. The highest BCUT2D eigenvalue weighted by Gasteiger charge is 2.44. The number of aldehydes is 1. The van der Waals surface area contributed by atoms with E-state index in [0.717, 1.165) is 37.0 Å². The highest BCUT2D eigenvalue weighted by Crippen LogP contribution is 2.35. The van der Waals surface area contributed by atoms with E-state index < -0.39 is 5.60 Å². The molecular formula is C18H24N2O3. The van der Waals surface area contributed by atoms with Gasteiger partial charge in [-0.3, -0.25) is 14.5 Å². The molecule has 3 rings (SSSR count). The van der Waals surface area contributed by atoms with Gasteiger partial charge in [-0.15, -0.1) is 0 Å². The maximum atomic E-state index is 12.0. The van der Waals surface area contributed by atoms with Crippen LogP contribution in [0, 0.1) is 0 Å². The van der Waals surface area contributed by atoms with Gasteiger partial charge in [0.25, 0.3) is 0 Å². The molecule has 0 spiro atoms. The zero-order valence-electron chi connectivity index (χ0n) is 14.0. The van der Waals surface area contributed by atoms with Crippen LogP contribution < -0.4 is 4.90 Å². The number of ether oxygens (including phenoxy) is 1. The molecule has 2 bridgehead atoms. The number of carbonyl (C=O) groups is 2. The van der Waals surface area contributed by atoms with E-state index in [2.05, 4.69) is 9.80 Å². The molecule has 23 heavy (non-hydrogen) atoms. The first-order valence-corrected chi connectivity index (χ1v) is 8.14. The van der Waals surface area contributed by atoms with Crippen LogP contribution in [-0.2, 0) is 9.53 Å². The van der Waals surface area contributed by atoms with Gasteiger partial charge in [0, 0.05) is 36.4 Å². The van der Waals surface area contributed by atoms with Gasteiger partial charge in [0.05, 0.1) is 6.54 Å². The maximum Gasteiger partial charge on any atom is 0.320 e. The summed E-state index contributed by atoms with van der Waals surface area (Å²) in [7, 11) is 0. The van der Waals surface area contributed by atoms with Crippen molar-refractivity contribution in [1.29, 1.82) is 0 Å². The quantitative estimate of drug-likeness (QED) is 0.629. The molecule has 2 unspecified atom stereocenters. The first-order valence-electron chi connectivity index (χ1n) is 8.14.